The summed E-state index contributed by atoms with van der Waals surface area (Å²) in [6, 6.07) is 1.45. The van der Waals surface area contributed by atoms with Crippen LogP contribution in [0, 0.1) is 0 Å². The predicted octanol–water partition coefficient (Wildman–Crippen LogP) is 2.86. The molecule has 0 aliphatic carbocycles. The molecule has 1 heterocycles. The second kappa shape index (κ2) is 5.88. The van der Waals surface area contributed by atoms with Gasteiger partial charge in [0.05, 0.1) is 11.6 Å². The number of hydrogen-bond donors (Lipinski definition) is 1. The quantitative estimate of drug-likeness (QED) is 0.920. The van der Waals surface area contributed by atoms with E-state index in [0.717, 1.165) is 4.90 Å². The van der Waals surface area contributed by atoms with Crippen LogP contribution in [0.25, 0.3) is 0 Å². The third-order valence-electron chi connectivity index (χ3n) is 1.83. The number of aromatic nitrogens is 1. The van der Waals surface area contributed by atoms with Gasteiger partial charge >= 0.3 is 6.18 Å². The van der Waals surface area contributed by atoms with E-state index >= 15 is 0 Å². The van der Waals surface area contributed by atoms with Crippen LogP contribution in [0.2, 0.25) is 5.02 Å². The number of pyridine rings is 1. The summed E-state index contributed by atoms with van der Waals surface area (Å²) in [7, 11) is 0. The van der Waals surface area contributed by atoms with E-state index in [1.807, 2.05) is 0 Å². The van der Waals surface area contributed by atoms with Crippen LogP contribution in [-0.4, -0.2) is 36.0 Å². The molecule has 0 saturated heterocycles. The van der Waals surface area contributed by atoms with Crippen molar-refractivity contribution in [3.05, 3.63) is 21.8 Å². The number of alkyl halides is 3. The van der Waals surface area contributed by atoms with E-state index in [1.54, 1.807) is 0 Å². The number of aliphatic hydroxyl groups excluding tert-OH is 1. The molecule has 0 aliphatic rings. The number of anilines is 1. The van der Waals surface area contributed by atoms with Crippen molar-refractivity contribution < 1.29 is 18.3 Å². The van der Waals surface area contributed by atoms with Crippen molar-refractivity contribution in [1.29, 1.82) is 0 Å². The maximum absolute atomic E-state index is 12.3. The number of aliphatic hydroxyl groups is 1. The monoisotopic (exact) mass is 332 g/mol. The minimum atomic E-state index is -4.38. The van der Waals surface area contributed by atoms with Crippen LogP contribution in [0.15, 0.2) is 16.7 Å². The van der Waals surface area contributed by atoms with Gasteiger partial charge in [0.15, 0.2) is 0 Å². The normalized spacial score (nSPS) is 11.6. The van der Waals surface area contributed by atoms with E-state index in [1.165, 1.54) is 12.3 Å². The van der Waals surface area contributed by atoms with E-state index in [9.17, 15) is 13.2 Å². The Morgan fingerprint density at radius 2 is 2.12 bits per heavy atom. The van der Waals surface area contributed by atoms with Crippen LogP contribution in [0.3, 0.4) is 0 Å². The molecule has 0 fully saturated rings. The molecule has 0 aromatic carbocycles. The lowest BCUT2D eigenvalue weighted by Crippen LogP contribution is -2.37. The molecule has 0 saturated carbocycles. The molecule has 0 spiro atoms. The van der Waals surface area contributed by atoms with Crippen LogP contribution >= 0.6 is 27.5 Å². The average Bonchev–Trinajstić information content (AvgIpc) is 2.14. The highest BCUT2D eigenvalue weighted by molar-refractivity contribution is 9.10. The lowest BCUT2D eigenvalue weighted by atomic mass is 10.4. The first kappa shape index (κ1) is 14.5. The maximum atomic E-state index is 12.3. The van der Waals surface area contributed by atoms with Crippen LogP contribution in [0.4, 0.5) is 19.0 Å². The summed E-state index contributed by atoms with van der Waals surface area (Å²) >= 11 is 8.91. The van der Waals surface area contributed by atoms with Crippen LogP contribution in [0.5, 0.6) is 0 Å². The smallest absolute Gasteiger partial charge is 0.395 e. The molecule has 0 aliphatic heterocycles. The van der Waals surface area contributed by atoms with Crippen molar-refractivity contribution in [3.63, 3.8) is 0 Å². The second-order valence-electron chi connectivity index (χ2n) is 3.22. The highest BCUT2D eigenvalue weighted by Gasteiger charge is 2.31. The van der Waals surface area contributed by atoms with Gasteiger partial charge in [-0.25, -0.2) is 4.98 Å². The molecule has 3 nitrogen and oxygen atoms in total. The highest BCUT2D eigenvalue weighted by Crippen LogP contribution is 2.28. The summed E-state index contributed by atoms with van der Waals surface area (Å²) in [5, 5.41) is 8.85. The molecular weight excluding hydrogens is 324 g/mol. The number of rotatable bonds is 4. The molecular formula is C9H9BrClF3N2O. The van der Waals surface area contributed by atoms with Crippen molar-refractivity contribution in [2.75, 3.05) is 24.6 Å². The molecule has 96 valence electrons. The number of nitrogens with zero attached hydrogens (tertiary/aromatic N) is 2. The van der Waals surface area contributed by atoms with E-state index in [2.05, 4.69) is 20.9 Å². The summed E-state index contributed by atoms with van der Waals surface area (Å²) < 4.78 is 37.5. The van der Waals surface area contributed by atoms with E-state index in [-0.39, 0.29) is 17.4 Å². The van der Waals surface area contributed by atoms with Gasteiger partial charge in [0.1, 0.15) is 12.4 Å². The molecule has 1 aromatic rings. The van der Waals surface area contributed by atoms with Crippen LogP contribution in [-0.2, 0) is 0 Å². The van der Waals surface area contributed by atoms with Gasteiger partial charge in [0, 0.05) is 17.2 Å². The molecule has 8 heteroatoms. The fourth-order valence-electron chi connectivity index (χ4n) is 1.24. The predicted molar refractivity (Wildman–Crippen MR) is 62.3 cm³/mol. The van der Waals surface area contributed by atoms with Gasteiger partial charge in [-0.3, -0.25) is 0 Å². The van der Waals surface area contributed by atoms with Gasteiger partial charge in [0.2, 0.25) is 0 Å². The number of hydrogen-bond acceptors (Lipinski definition) is 3. The van der Waals surface area contributed by atoms with Crippen LogP contribution < -0.4 is 4.90 Å². The Morgan fingerprint density at radius 1 is 1.47 bits per heavy atom. The Bertz CT molecular complexity index is 389. The third kappa shape index (κ3) is 4.69. The van der Waals surface area contributed by atoms with Crippen LogP contribution in [0.1, 0.15) is 0 Å². The molecule has 1 aromatic heterocycles. The number of halogens is 5. The molecule has 17 heavy (non-hydrogen) atoms. The summed E-state index contributed by atoms with van der Waals surface area (Å²) in [6.45, 7) is -1.81. The first-order valence-electron chi connectivity index (χ1n) is 4.57. The molecule has 0 atom stereocenters. The van der Waals surface area contributed by atoms with Crippen molar-refractivity contribution in [2.45, 2.75) is 6.18 Å². The van der Waals surface area contributed by atoms with Crippen molar-refractivity contribution in [2.24, 2.45) is 0 Å². The maximum Gasteiger partial charge on any atom is 0.405 e. The fourth-order valence-corrected chi connectivity index (χ4v) is 1.99. The largest absolute Gasteiger partial charge is 0.405 e. The van der Waals surface area contributed by atoms with Crippen molar-refractivity contribution in [3.8, 4) is 0 Å². The minimum Gasteiger partial charge on any atom is -0.395 e. The summed E-state index contributed by atoms with van der Waals surface area (Å²) in [5.41, 5.74) is 0. The van der Waals surface area contributed by atoms with Gasteiger partial charge in [0.25, 0.3) is 0 Å². The summed E-state index contributed by atoms with van der Waals surface area (Å²) in [5.74, 6) is 0.00115. The molecule has 1 N–H and O–H groups in total. The third-order valence-corrected chi connectivity index (χ3v) is 2.54. The Morgan fingerprint density at radius 3 is 2.59 bits per heavy atom. The van der Waals surface area contributed by atoms with E-state index in [4.69, 9.17) is 16.7 Å². The topological polar surface area (TPSA) is 36.4 Å². The average molecular weight is 334 g/mol. The second-order valence-corrected chi connectivity index (χ2v) is 4.54. The first-order valence-corrected chi connectivity index (χ1v) is 5.74. The lowest BCUT2D eigenvalue weighted by Gasteiger charge is -2.24. The lowest BCUT2D eigenvalue weighted by molar-refractivity contribution is -0.119. The van der Waals surface area contributed by atoms with Gasteiger partial charge in [-0.2, -0.15) is 13.2 Å². The minimum absolute atomic E-state index is 0.00115. The van der Waals surface area contributed by atoms with Gasteiger partial charge < -0.3 is 10.0 Å². The SMILES string of the molecule is OCCN(CC(F)(F)F)c1ncc(Br)cc1Cl. The molecule has 1 rings (SSSR count). The molecule has 0 amide bonds. The van der Waals surface area contributed by atoms with Crippen molar-refractivity contribution in [1.82, 2.24) is 4.98 Å². The Kier molecular flexibility index (Phi) is 5.03. The standard InChI is InChI=1S/C9H9BrClF3N2O/c10-6-3-7(11)8(15-4-6)16(1-2-17)5-9(12,13)14/h3-4,17H,1-2,5H2. The fraction of sp³-hybridized carbons (Fsp3) is 0.444. The molecule has 0 radical (unpaired) electrons. The zero-order valence-electron chi connectivity index (χ0n) is 8.51. The highest BCUT2D eigenvalue weighted by atomic mass is 79.9. The molecule has 0 unspecified atom stereocenters. The zero-order chi connectivity index (χ0) is 13.1. The van der Waals surface area contributed by atoms with E-state index < -0.39 is 19.3 Å². The van der Waals surface area contributed by atoms with Gasteiger partial charge in [-0.05, 0) is 22.0 Å². The summed E-state index contributed by atoms with van der Waals surface area (Å²) in [4.78, 5) is 4.70. The van der Waals surface area contributed by atoms with E-state index in [0.29, 0.717) is 4.47 Å². The van der Waals surface area contributed by atoms with Crippen molar-refractivity contribution >= 4 is 33.3 Å². The Hall–Kier alpha value is -0.530. The van der Waals surface area contributed by atoms with Gasteiger partial charge in [-0.15, -0.1) is 0 Å². The van der Waals surface area contributed by atoms with Gasteiger partial charge in [-0.1, -0.05) is 11.6 Å². The molecule has 0 bridgehead atoms. The Balaban J connectivity index is 2.97. The first-order chi connectivity index (χ1) is 7.83. The summed E-state index contributed by atoms with van der Waals surface area (Å²) in [6.07, 6.45) is -3.03. The zero-order valence-corrected chi connectivity index (χ0v) is 10.8. The Labute approximate surface area is 109 Å².